The van der Waals surface area contributed by atoms with E-state index < -0.39 is 0 Å². The van der Waals surface area contributed by atoms with Crippen LogP contribution in [0.4, 0.5) is 4.79 Å². The van der Waals surface area contributed by atoms with E-state index in [1.165, 1.54) is 0 Å². The van der Waals surface area contributed by atoms with E-state index in [4.69, 9.17) is 9.47 Å². The Balaban J connectivity index is 1.85. The minimum atomic E-state index is -0.137. The molecule has 11 nitrogen and oxygen atoms in total. The molecule has 0 aromatic carbocycles. The summed E-state index contributed by atoms with van der Waals surface area (Å²) in [7, 11) is 0. The number of unbranched alkanes of at least 4 members (excludes halogenated alkanes) is 2. The Labute approximate surface area is 209 Å². The third kappa shape index (κ3) is 15.7. The Morgan fingerprint density at radius 3 is 2.03 bits per heavy atom. The lowest BCUT2D eigenvalue weighted by Crippen LogP contribution is -2.32. The van der Waals surface area contributed by atoms with E-state index in [0.29, 0.717) is 56.9 Å². The summed E-state index contributed by atoms with van der Waals surface area (Å²) in [5.74, 6) is -0.200. The van der Waals surface area contributed by atoms with Gasteiger partial charge in [-0.3, -0.25) is 14.4 Å². The molecule has 12 heteroatoms. The molecule has 1 fully saturated rings. The first-order valence-corrected chi connectivity index (χ1v) is 13.0. The molecule has 1 aliphatic heterocycles. The summed E-state index contributed by atoms with van der Waals surface area (Å²) in [5, 5.41) is 13.9. The second-order valence-corrected chi connectivity index (χ2v) is 8.53. The molecule has 1 rings (SSSR count). The molecule has 0 saturated carbocycles. The third-order valence-electron chi connectivity index (χ3n) is 5.00. The lowest BCUT2D eigenvalue weighted by Gasteiger charge is -2.13. The fourth-order valence-electron chi connectivity index (χ4n) is 3.18. The highest BCUT2D eigenvalue weighted by Gasteiger charge is 2.26. The maximum Gasteiger partial charge on any atom is 0.315 e. The molecule has 5 amide bonds. The van der Waals surface area contributed by atoms with E-state index in [-0.39, 0.29) is 42.3 Å². The lowest BCUT2D eigenvalue weighted by molar-refractivity contribution is -0.122. The minimum Gasteiger partial charge on any atom is -0.377 e. The number of carbonyl (C=O) groups is 4. The van der Waals surface area contributed by atoms with Gasteiger partial charge in [0.2, 0.25) is 17.7 Å². The van der Waals surface area contributed by atoms with Crippen molar-refractivity contribution in [3.63, 3.8) is 0 Å². The number of hydrogen-bond acceptors (Lipinski definition) is 6. The van der Waals surface area contributed by atoms with Crippen molar-refractivity contribution >= 4 is 46.3 Å². The van der Waals surface area contributed by atoms with Crippen LogP contribution in [0, 0.1) is 0 Å². The monoisotopic (exact) mass is 583 g/mol. The number of amides is 5. The number of urea groups is 1. The molecule has 0 spiro atoms. The van der Waals surface area contributed by atoms with Gasteiger partial charge in [-0.15, -0.1) is 0 Å². The number of carbonyl (C=O) groups excluding carboxylic acids is 4. The van der Waals surface area contributed by atoms with E-state index in [2.05, 4.69) is 26.6 Å². The van der Waals surface area contributed by atoms with E-state index in [1.807, 2.05) is 29.5 Å². The van der Waals surface area contributed by atoms with E-state index in [0.717, 1.165) is 25.7 Å². The molecule has 0 aliphatic carbocycles. The van der Waals surface area contributed by atoms with E-state index in [1.54, 1.807) is 0 Å². The van der Waals surface area contributed by atoms with Gasteiger partial charge >= 0.3 is 6.03 Å². The Hall–Kier alpha value is -1.67. The summed E-state index contributed by atoms with van der Waals surface area (Å²) in [6, 6.07) is 0.193. The molecule has 0 radical (unpaired) electrons. The minimum absolute atomic E-state index is 0.0122. The highest BCUT2D eigenvalue weighted by molar-refractivity contribution is 14.1. The zero-order chi connectivity index (χ0) is 24.3. The summed E-state index contributed by atoms with van der Waals surface area (Å²) < 4.78 is 11.1. The molecular weight excluding hydrogens is 545 g/mol. The quantitative estimate of drug-likeness (QED) is 0.0835. The fraction of sp³-hybridized carbons (Fsp3) is 0.810. The van der Waals surface area contributed by atoms with Crippen molar-refractivity contribution in [1.29, 1.82) is 0 Å². The predicted octanol–water partition coefficient (Wildman–Crippen LogP) is 0.214. The number of nitrogens with one attached hydrogen (secondary N) is 5. The highest BCUT2D eigenvalue weighted by Crippen LogP contribution is 2.11. The molecule has 33 heavy (non-hydrogen) atoms. The normalized spacial score (nSPS) is 17.2. The average molecular weight is 583 g/mol. The zero-order valence-electron chi connectivity index (χ0n) is 19.4. The van der Waals surface area contributed by atoms with Crippen molar-refractivity contribution in [1.82, 2.24) is 26.6 Å². The first kappa shape index (κ1) is 29.4. The van der Waals surface area contributed by atoms with Crippen molar-refractivity contribution in [3.05, 3.63) is 0 Å². The number of rotatable bonds is 19. The van der Waals surface area contributed by atoms with Crippen LogP contribution in [0.15, 0.2) is 0 Å². The molecule has 5 N–H and O–H groups in total. The Morgan fingerprint density at radius 1 is 0.818 bits per heavy atom. The van der Waals surface area contributed by atoms with Crippen LogP contribution in [0.1, 0.15) is 45.4 Å². The van der Waals surface area contributed by atoms with Crippen LogP contribution in [-0.2, 0) is 23.9 Å². The molecule has 0 aromatic heterocycles. The standard InChI is InChI=1S/C21H38IN5O6/c1-16-17(27-21(31)26-16)5-3-2-4-6-18(28)23-8-7-19(29)24-9-11-32-13-14-33-12-10-25-20(30)15-22/h16-17H,2-15H2,1H3,(H,23,28)(H,24,29)(H,25,30)(H2,26,27,31)/t16-,17-/m0/s1. The molecule has 0 unspecified atom stereocenters. The van der Waals surface area contributed by atoms with Crippen LogP contribution in [0.5, 0.6) is 0 Å². The molecule has 1 heterocycles. The van der Waals surface area contributed by atoms with Crippen LogP contribution in [0.25, 0.3) is 0 Å². The van der Waals surface area contributed by atoms with E-state index >= 15 is 0 Å². The predicted molar refractivity (Wildman–Crippen MR) is 132 cm³/mol. The lowest BCUT2D eigenvalue weighted by atomic mass is 10.0. The SMILES string of the molecule is C[C@@H]1NC(=O)N[C@H]1CCCCCC(=O)NCCC(=O)NCCOCCOCCNC(=O)CI. The van der Waals surface area contributed by atoms with Gasteiger partial charge in [-0.2, -0.15) is 0 Å². The van der Waals surface area contributed by atoms with Gasteiger partial charge in [0, 0.05) is 38.5 Å². The van der Waals surface area contributed by atoms with Crippen molar-refractivity contribution in [2.24, 2.45) is 0 Å². The van der Waals surface area contributed by atoms with Crippen LogP contribution in [-0.4, -0.2) is 86.3 Å². The average Bonchev–Trinajstić information content (AvgIpc) is 3.11. The van der Waals surface area contributed by atoms with Gasteiger partial charge in [0.05, 0.1) is 36.9 Å². The highest BCUT2D eigenvalue weighted by atomic mass is 127. The van der Waals surface area contributed by atoms with Gasteiger partial charge in [-0.05, 0) is 19.8 Å². The van der Waals surface area contributed by atoms with Gasteiger partial charge in [0.15, 0.2) is 0 Å². The molecule has 190 valence electrons. The maximum absolute atomic E-state index is 11.9. The summed E-state index contributed by atoms with van der Waals surface area (Å²) in [5.41, 5.74) is 0. The van der Waals surface area contributed by atoms with Crippen LogP contribution >= 0.6 is 22.6 Å². The van der Waals surface area contributed by atoms with Crippen molar-refractivity contribution < 1.29 is 28.7 Å². The summed E-state index contributed by atoms with van der Waals surface area (Å²) in [4.78, 5) is 45.9. The second-order valence-electron chi connectivity index (χ2n) is 7.77. The maximum atomic E-state index is 11.9. The van der Waals surface area contributed by atoms with Crippen LogP contribution in [0.3, 0.4) is 0 Å². The second kappa shape index (κ2) is 18.7. The third-order valence-corrected chi connectivity index (χ3v) is 5.70. The van der Waals surface area contributed by atoms with E-state index in [9.17, 15) is 19.2 Å². The summed E-state index contributed by atoms with van der Waals surface area (Å²) >= 11 is 2.00. The number of halogens is 1. The van der Waals surface area contributed by atoms with Gasteiger partial charge in [-0.1, -0.05) is 35.4 Å². The van der Waals surface area contributed by atoms with Crippen LogP contribution < -0.4 is 26.6 Å². The number of hydrogen-bond donors (Lipinski definition) is 5. The topological polar surface area (TPSA) is 147 Å². The molecule has 0 aromatic rings. The molecule has 1 saturated heterocycles. The Morgan fingerprint density at radius 2 is 1.42 bits per heavy atom. The van der Waals surface area contributed by atoms with Gasteiger partial charge < -0.3 is 36.1 Å². The van der Waals surface area contributed by atoms with Gasteiger partial charge in [0.25, 0.3) is 0 Å². The van der Waals surface area contributed by atoms with Gasteiger partial charge in [0.1, 0.15) is 0 Å². The fourth-order valence-corrected chi connectivity index (χ4v) is 3.45. The van der Waals surface area contributed by atoms with Crippen molar-refractivity contribution in [3.8, 4) is 0 Å². The van der Waals surface area contributed by atoms with Crippen molar-refractivity contribution in [2.75, 3.05) is 50.5 Å². The molecule has 2 atom stereocenters. The molecular formula is C21H38IN5O6. The smallest absolute Gasteiger partial charge is 0.315 e. The molecule has 0 bridgehead atoms. The number of alkyl halides is 1. The Bertz CT molecular complexity index is 610. The Kier molecular flexibility index (Phi) is 16.7. The van der Waals surface area contributed by atoms with Crippen LogP contribution in [0.2, 0.25) is 0 Å². The van der Waals surface area contributed by atoms with Crippen molar-refractivity contribution in [2.45, 2.75) is 57.5 Å². The molecule has 1 aliphatic rings. The largest absolute Gasteiger partial charge is 0.377 e. The first-order chi connectivity index (χ1) is 15.9. The summed E-state index contributed by atoms with van der Waals surface area (Å²) in [6.07, 6.45) is 4.23. The zero-order valence-corrected chi connectivity index (χ0v) is 21.5. The van der Waals surface area contributed by atoms with Gasteiger partial charge in [-0.25, -0.2) is 4.79 Å². The summed E-state index contributed by atoms with van der Waals surface area (Å²) in [6.45, 7) is 4.82. The number of ether oxygens (including phenoxy) is 2. The first-order valence-electron chi connectivity index (χ1n) is 11.5.